The standard InChI is InChI=1S/C33H39NO5S2/c35-29-31(38-23-27-17-9-3-10-18-27)30(37-22-26-15-7-2-8-16-26)28(24-36-21-25-13-5-1-6-14-25)39-32(29)41-33(40)34-19-11-4-12-20-34/h1-3,5-10,13-18,28-32,35H,4,11-12,19-24H2/t28-,29-,30-,31-,32+/m1/s1. The van der Waals surface area contributed by atoms with Gasteiger partial charge in [0, 0.05) is 13.1 Å². The van der Waals surface area contributed by atoms with Crippen molar-refractivity contribution < 1.29 is 24.1 Å². The largest absolute Gasteiger partial charge is 0.387 e. The monoisotopic (exact) mass is 593 g/mol. The molecule has 5 atom stereocenters. The average Bonchev–Trinajstić information content (AvgIpc) is 3.03. The van der Waals surface area contributed by atoms with Gasteiger partial charge in [-0.05, 0) is 36.0 Å². The Morgan fingerprint density at radius 2 is 1.27 bits per heavy atom. The van der Waals surface area contributed by atoms with Gasteiger partial charge in [-0.3, -0.25) is 0 Å². The predicted octanol–water partition coefficient (Wildman–Crippen LogP) is 5.96. The number of rotatable bonds is 11. The number of hydrogen-bond acceptors (Lipinski definition) is 7. The number of nitrogens with zero attached hydrogens (tertiary/aromatic N) is 1. The van der Waals surface area contributed by atoms with Gasteiger partial charge in [0.1, 0.15) is 34.2 Å². The second-order valence-electron chi connectivity index (χ2n) is 10.5. The van der Waals surface area contributed by atoms with Crippen molar-refractivity contribution in [3.63, 3.8) is 0 Å². The Kier molecular flexibility index (Phi) is 11.6. The van der Waals surface area contributed by atoms with Gasteiger partial charge in [0.15, 0.2) is 0 Å². The Hall–Kier alpha value is -2.30. The van der Waals surface area contributed by atoms with E-state index in [2.05, 4.69) is 4.90 Å². The van der Waals surface area contributed by atoms with E-state index in [4.69, 9.17) is 31.2 Å². The third kappa shape index (κ3) is 8.85. The number of likely N-dealkylation sites (tertiary alicyclic amines) is 1. The van der Waals surface area contributed by atoms with Crippen LogP contribution < -0.4 is 0 Å². The van der Waals surface area contributed by atoms with Gasteiger partial charge in [-0.2, -0.15) is 0 Å². The van der Waals surface area contributed by atoms with Crippen molar-refractivity contribution in [3.8, 4) is 0 Å². The fourth-order valence-electron chi connectivity index (χ4n) is 5.17. The molecule has 2 fully saturated rings. The highest BCUT2D eigenvalue weighted by atomic mass is 32.2. The van der Waals surface area contributed by atoms with E-state index in [1.54, 1.807) is 0 Å². The molecule has 0 amide bonds. The molecular formula is C33H39NO5S2. The van der Waals surface area contributed by atoms with E-state index in [9.17, 15) is 5.11 Å². The molecule has 0 aromatic heterocycles. The molecule has 2 heterocycles. The number of ether oxygens (including phenoxy) is 4. The molecule has 0 unspecified atom stereocenters. The van der Waals surface area contributed by atoms with Crippen molar-refractivity contribution in [2.24, 2.45) is 0 Å². The molecule has 0 saturated carbocycles. The first-order chi connectivity index (χ1) is 20.2. The topological polar surface area (TPSA) is 60.4 Å². The molecule has 41 heavy (non-hydrogen) atoms. The van der Waals surface area contributed by atoms with Crippen molar-refractivity contribution in [1.82, 2.24) is 4.90 Å². The number of piperidine rings is 1. The number of aliphatic hydroxyl groups is 1. The fraction of sp³-hybridized carbons (Fsp3) is 0.424. The molecule has 2 aliphatic heterocycles. The van der Waals surface area contributed by atoms with E-state index in [0.717, 1.165) is 46.9 Å². The molecule has 8 heteroatoms. The maximum Gasteiger partial charge on any atom is 0.139 e. The third-order valence-corrected chi connectivity index (χ3v) is 9.04. The van der Waals surface area contributed by atoms with Crippen molar-refractivity contribution in [1.29, 1.82) is 0 Å². The molecule has 2 aliphatic rings. The Morgan fingerprint density at radius 3 is 1.83 bits per heavy atom. The molecule has 0 spiro atoms. The highest BCUT2D eigenvalue weighted by molar-refractivity contribution is 8.23. The third-order valence-electron chi connectivity index (χ3n) is 7.41. The summed E-state index contributed by atoms with van der Waals surface area (Å²) in [4.78, 5) is 2.22. The van der Waals surface area contributed by atoms with E-state index < -0.39 is 29.9 Å². The van der Waals surface area contributed by atoms with Crippen LogP contribution >= 0.6 is 24.0 Å². The lowest BCUT2D eigenvalue weighted by Crippen LogP contribution is -2.60. The summed E-state index contributed by atoms with van der Waals surface area (Å²) in [6.45, 7) is 3.34. The Labute approximate surface area is 252 Å². The first-order valence-electron chi connectivity index (χ1n) is 14.4. The zero-order valence-corrected chi connectivity index (χ0v) is 24.9. The number of benzene rings is 3. The molecule has 2 saturated heterocycles. The van der Waals surface area contributed by atoms with Crippen LogP contribution in [0.1, 0.15) is 36.0 Å². The molecule has 1 N–H and O–H groups in total. The van der Waals surface area contributed by atoms with Crippen LogP contribution in [0.4, 0.5) is 0 Å². The molecule has 3 aromatic rings. The summed E-state index contributed by atoms with van der Waals surface area (Å²) in [6.07, 6.45) is 0.880. The predicted molar refractivity (Wildman–Crippen MR) is 166 cm³/mol. The molecule has 0 bridgehead atoms. The van der Waals surface area contributed by atoms with Crippen LogP contribution in [0.15, 0.2) is 91.0 Å². The second kappa shape index (κ2) is 15.8. The summed E-state index contributed by atoms with van der Waals surface area (Å²) >= 11 is 7.22. The summed E-state index contributed by atoms with van der Waals surface area (Å²) < 4.78 is 26.4. The highest BCUT2D eigenvalue weighted by Crippen LogP contribution is 2.35. The van der Waals surface area contributed by atoms with Crippen molar-refractivity contribution in [3.05, 3.63) is 108 Å². The summed E-state index contributed by atoms with van der Waals surface area (Å²) in [5.41, 5.74) is 2.54. The van der Waals surface area contributed by atoms with Gasteiger partial charge in [-0.15, -0.1) is 0 Å². The minimum absolute atomic E-state index is 0.291. The summed E-state index contributed by atoms with van der Waals surface area (Å²) in [7, 11) is 0. The van der Waals surface area contributed by atoms with Gasteiger partial charge in [0.05, 0.1) is 26.4 Å². The van der Waals surface area contributed by atoms with E-state index in [0.29, 0.717) is 26.4 Å². The van der Waals surface area contributed by atoms with Crippen LogP contribution in [-0.4, -0.2) is 63.9 Å². The summed E-state index contributed by atoms with van der Waals surface area (Å²) in [5.74, 6) is 0. The minimum atomic E-state index is -0.947. The lowest BCUT2D eigenvalue weighted by molar-refractivity contribution is -0.242. The molecular weight excluding hydrogens is 554 g/mol. The fourth-order valence-corrected chi connectivity index (χ4v) is 6.66. The number of thiocarbonyl (C=S) groups is 1. The van der Waals surface area contributed by atoms with Crippen LogP contribution in [0, 0.1) is 0 Å². The first-order valence-corrected chi connectivity index (χ1v) is 15.7. The van der Waals surface area contributed by atoms with Crippen LogP contribution in [0.25, 0.3) is 0 Å². The molecule has 6 nitrogen and oxygen atoms in total. The lowest BCUT2D eigenvalue weighted by atomic mass is 9.99. The van der Waals surface area contributed by atoms with Gasteiger partial charge < -0.3 is 29.0 Å². The quantitative estimate of drug-likeness (QED) is 0.273. The van der Waals surface area contributed by atoms with E-state index >= 15 is 0 Å². The summed E-state index contributed by atoms with van der Waals surface area (Å²) in [6, 6.07) is 30.1. The second-order valence-corrected chi connectivity index (χ2v) is 12.2. The average molecular weight is 594 g/mol. The Bertz CT molecular complexity index is 1180. The van der Waals surface area contributed by atoms with E-state index in [1.807, 2.05) is 91.0 Å². The molecule has 0 aliphatic carbocycles. The minimum Gasteiger partial charge on any atom is -0.387 e. The number of aliphatic hydroxyl groups excluding tert-OH is 1. The molecule has 0 radical (unpaired) electrons. The maximum atomic E-state index is 11.7. The number of hydrogen-bond donors (Lipinski definition) is 1. The van der Waals surface area contributed by atoms with Crippen molar-refractivity contribution >= 4 is 28.3 Å². The van der Waals surface area contributed by atoms with Gasteiger partial charge in [0.2, 0.25) is 0 Å². The Balaban J connectivity index is 1.35. The first kappa shape index (κ1) is 30.2. The Morgan fingerprint density at radius 1 is 0.756 bits per heavy atom. The zero-order valence-electron chi connectivity index (χ0n) is 23.3. The van der Waals surface area contributed by atoms with Crippen molar-refractivity contribution in [2.75, 3.05) is 19.7 Å². The van der Waals surface area contributed by atoms with Crippen LogP contribution in [-0.2, 0) is 38.8 Å². The normalized spacial score (nSPS) is 24.7. The lowest BCUT2D eigenvalue weighted by Gasteiger charge is -2.44. The highest BCUT2D eigenvalue weighted by Gasteiger charge is 2.48. The smallest absolute Gasteiger partial charge is 0.139 e. The summed E-state index contributed by atoms with van der Waals surface area (Å²) in [5, 5.41) is 11.7. The van der Waals surface area contributed by atoms with E-state index in [-0.39, 0.29) is 0 Å². The van der Waals surface area contributed by atoms with Crippen molar-refractivity contribution in [2.45, 2.75) is 68.9 Å². The SMILES string of the molecule is O[C@@H]1[C@@H](OCc2ccccc2)[C@H](OCc2ccccc2)[C@@H](COCc2ccccc2)O[C@H]1SC(=S)N1CCCCC1. The number of thioether (sulfide) groups is 1. The van der Waals surface area contributed by atoms with Crippen LogP contribution in [0.5, 0.6) is 0 Å². The zero-order chi connectivity index (χ0) is 28.3. The molecule has 3 aromatic carbocycles. The molecule has 5 rings (SSSR count). The van der Waals surface area contributed by atoms with Crippen LogP contribution in [0.3, 0.4) is 0 Å². The molecule has 218 valence electrons. The maximum absolute atomic E-state index is 11.7. The van der Waals surface area contributed by atoms with Gasteiger partial charge in [0.25, 0.3) is 0 Å². The van der Waals surface area contributed by atoms with Gasteiger partial charge in [-0.1, -0.05) is 115 Å². The van der Waals surface area contributed by atoms with E-state index in [1.165, 1.54) is 18.2 Å². The van der Waals surface area contributed by atoms with Crippen LogP contribution in [0.2, 0.25) is 0 Å². The van der Waals surface area contributed by atoms with Gasteiger partial charge >= 0.3 is 0 Å². The van der Waals surface area contributed by atoms with Gasteiger partial charge in [-0.25, -0.2) is 0 Å².